The van der Waals surface area contributed by atoms with E-state index in [9.17, 15) is 9.90 Å². The predicted octanol–water partition coefficient (Wildman–Crippen LogP) is 8.48. The third-order valence-electron chi connectivity index (χ3n) is 8.87. The Bertz CT molecular complexity index is 2210. The van der Waals surface area contributed by atoms with Crippen LogP contribution in [0.5, 0.6) is 6.01 Å². The van der Waals surface area contributed by atoms with Crippen LogP contribution in [0.3, 0.4) is 0 Å². The molecule has 0 aliphatic heterocycles. The highest BCUT2D eigenvalue weighted by Crippen LogP contribution is 2.41. The van der Waals surface area contributed by atoms with Crippen LogP contribution in [0.1, 0.15) is 45.1 Å². The molecular weight excluding hydrogens is 636 g/mol. The van der Waals surface area contributed by atoms with E-state index in [0.717, 1.165) is 38.9 Å². The Kier molecular flexibility index (Phi) is 9.30. The van der Waals surface area contributed by atoms with Gasteiger partial charge in [0, 0.05) is 22.3 Å². The van der Waals surface area contributed by atoms with Crippen LogP contribution >= 0.6 is 0 Å². The maximum atomic E-state index is 12.1. The van der Waals surface area contributed by atoms with E-state index in [-0.39, 0.29) is 11.4 Å². The van der Waals surface area contributed by atoms with Crippen LogP contribution in [0.2, 0.25) is 0 Å². The van der Waals surface area contributed by atoms with Gasteiger partial charge in [0.05, 0.1) is 29.7 Å². The number of carboxylic acids is 1. The molecule has 0 fully saturated rings. The number of rotatable bonds is 12. The van der Waals surface area contributed by atoms with Gasteiger partial charge in [-0.15, -0.1) is 0 Å². The molecule has 51 heavy (non-hydrogen) atoms. The van der Waals surface area contributed by atoms with Crippen molar-refractivity contribution in [3.8, 4) is 17.1 Å². The van der Waals surface area contributed by atoms with Crippen molar-refractivity contribution < 1.29 is 19.5 Å². The fourth-order valence-corrected chi connectivity index (χ4v) is 6.50. The standard InChI is InChI=1S/C43H36N4O4/c1-2-50-42-45-38-24-14-23-37(41(48)49)39(38)47(42)29-30-25-27-31(28-26-30)35-21-12-13-22-36(35)40(44)46-51-43(32-15-6-3-7-16-32,33-17-8-4-9-18-33)34-19-10-5-11-20-34/h3-28H,2,29H2,1H3,(H2,44,46)(H,48,49). The Morgan fingerprint density at radius 2 is 1.27 bits per heavy atom. The summed E-state index contributed by atoms with van der Waals surface area (Å²) < 4.78 is 7.63. The van der Waals surface area contributed by atoms with Crippen molar-refractivity contribution in [2.75, 3.05) is 6.61 Å². The second kappa shape index (κ2) is 14.4. The van der Waals surface area contributed by atoms with E-state index in [0.29, 0.717) is 30.2 Å². The summed E-state index contributed by atoms with van der Waals surface area (Å²) in [5, 5.41) is 14.5. The smallest absolute Gasteiger partial charge is 0.337 e. The van der Waals surface area contributed by atoms with E-state index in [4.69, 9.17) is 15.3 Å². The summed E-state index contributed by atoms with van der Waals surface area (Å²) in [5.41, 5.74) is 13.2. The molecule has 252 valence electrons. The molecule has 7 rings (SSSR count). The molecule has 1 aromatic heterocycles. The fourth-order valence-electron chi connectivity index (χ4n) is 6.50. The Labute approximate surface area is 296 Å². The van der Waals surface area contributed by atoms with E-state index < -0.39 is 11.6 Å². The Morgan fingerprint density at radius 3 is 1.84 bits per heavy atom. The van der Waals surface area contributed by atoms with Gasteiger partial charge in [0.15, 0.2) is 5.84 Å². The average Bonchev–Trinajstić information content (AvgIpc) is 3.53. The van der Waals surface area contributed by atoms with Gasteiger partial charge in [-0.1, -0.05) is 151 Å². The molecule has 0 radical (unpaired) electrons. The number of fused-ring (bicyclic) bond motifs is 1. The van der Waals surface area contributed by atoms with Gasteiger partial charge in [0.2, 0.25) is 5.60 Å². The molecule has 0 bridgehead atoms. The number of nitrogens with zero attached hydrogens (tertiary/aromatic N) is 3. The summed E-state index contributed by atoms with van der Waals surface area (Å²) in [6, 6.07) is 51.4. The van der Waals surface area contributed by atoms with Gasteiger partial charge in [-0.05, 0) is 35.7 Å². The third kappa shape index (κ3) is 6.43. The van der Waals surface area contributed by atoms with Crippen LogP contribution in [-0.4, -0.2) is 33.1 Å². The molecule has 8 nitrogen and oxygen atoms in total. The van der Waals surface area contributed by atoms with Gasteiger partial charge >= 0.3 is 5.97 Å². The van der Waals surface area contributed by atoms with Crippen LogP contribution in [0, 0.1) is 0 Å². The number of aromatic carboxylic acids is 1. The third-order valence-corrected chi connectivity index (χ3v) is 8.87. The van der Waals surface area contributed by atoms with Crippen molar-refractivity contribution in [1.82, 2.24) is 9.55 Å². The molecule has 0 amide bonds. The van der Waals surface area contributed by atoms with E-state index in [1.54, 1.807) is 18.2 Å². The molecule has 0 unspecified atom stereocenters. The highest BCUT2D eigenvalue weighted by atomic mass is 16.7. The molecule has 1 heterocycles. The van der Waals surface area contributed by atoms with Gasteiger partial charge in [-0.2, -0.15) is 4.98 Å². The van der Waals surface area contributed by atoms with Crippen LogP contribution < -0.4 is 10.5 Å². The van der Waals surface area contributed by atoms with Gasteiger partial charge in [-0.3, -0.25) is 4.57 Å². The second-order valence-corrected chi connectivity index (χ2v) is 12.0. The lowest BCUT2D eigenvalue weighted by atomic mass is 9.80. The fraction of sp³-hybridized carbons (Fsp3) is 0.0930. The van der Waals surface area contributed by atoms with Crippen LogP contribution in [-0.2, 0) is 17.0 Å². The van der Waals surface area contributed by atoms with Crippen molar-refractivity contribution in [2.24, 2.45) is 10.9 Å². The first-order chi connectivity index (χ1) is 25.0. The summed E-state index contributed by atoms with van der Waals surface area (Å²) in [6.45, 7) is 2.65. The Morgan fingerprint density at radius 1 is 0.725 bits per heavy atom. The number of aromatic nitrogens is 2. The topological polar surface area (TPSA) is 112 Å². The maximum Gasteiger partial charge on any atom is 0.337 e. The first-order valence-electron chi connectivity index (χ1n) is 16.7. The number of carboxylic acid groups (broad SMARTS) is 1. The molecule has 3 N–H and O–H groups in total. The maximum absolute atomic E-state index is 12.1. The largest absolute Gasteiger partial charge is 0.478 e. The number of carbonyl (C=O) groups is 1. The molecule has 0 spiro atoms. The monoisotopic (exact) mass is 672 g/mol. The van der Waals surface area contributed by atoms with Crippen molar-refractivity contribution in [3.63, 3.8) is 0 Å². The number of hydrogen-bond donors (Lipinski definition) is 2. The van der Waals surface area contributed by atoms with Gasteiger partial charge in [0.1, 0.15) is 0 Å². The van der Waals surface area contributed by atoms with Crippen LogP contribution in [0.15, 0.2) is 163 Å². The lowest BCUT2D eigenvalue weighted by Gasteiger charge is -2.33. The zero-order valence-corrected chi connectivity index (χ0v) is 28.0. The number of hydrogen-bond acceptors (Lipinski definition) is 5. The minimum absolute atomic E-state index is 0.171. The van der Waals surface area contributed by atoms with E-state index in [2.05, 4.69) is 10.1 Å². The first kappa shape index (κ1) is 32.9. The minimum atomic E-state index is -1.07. The number of oxime groups is 1. The summed E-state index contributed by atoms with van der Waals surface area (Å²) in [7, 11) is 0. The molecular formula is C43H36N4O4. The van der Waals surface area contributed by atoms with E-state index >= 15 is 0 Å². The summed E-state index contributed by atoms with van der Waals surface area (Å²) >= 11 is 0. The van der Waals surface area contributed by atoms with E-state index in [1.165, 1.54) is 0 Å². The predicted molar refractivity (Wildman–Crippen MR) is 200 cm³/mol. The summed E-state index contributed by atoms with van der Waals surface area (Å²) in [5.74, 6) is -0.789. The second-order valence-electron chi connectivity index (χ2n) is 12.0. The number of amidine groups is 1. The highest BCUT2D eigenvalue weighted by Gasteiger charge is 2.39. The molecule has 7 aromatic rings. The molecule has 0 aliphatic carbocycles. The Hall–Kier alpha value is -6.67. The zero-order chi connectivity index (χ0) is 35.2. The van der Waals surface area contributed by atoms with Crippen molar-refractivity contribution in [1.29, 1.82) is 0 Å². The average molecular weight is 673 g/mol. The molecule has 0 saturated carbocycles. The zero-order valence-electron chi connectivity index (χ0n) is 28.0. The molecule has 0 saturated heterocycles. The molecule has 8 heteroatoms. The first-order valence-corrected chi connectivity index (χ1v) is 16.7. The SMILES string of the molecule is CCOc1nc2cccc(C(=O)O)c2n1Cc1ccc(-c2ccccc2C(N)=NOC(c2ccccc2)(c2ccccc2)c2ccccc2)cc1. The minimum Gasteiger partial charge on any atom is -0.478 e. The van der Waals surface area contributed by atoms with Crippen LogP contribution in [0.4, 0.5) is 0 Å². The molecule has 0 aliphatic rings. The normalized spacial score (nSPS) is 11.7. The summed E-state index contributed by atoms with van der Waals surface area (Å²) in [4.78, 5) is 23.3. The van der Waals surface area contributed by atoms with Crippen molar-refractivity contribution in [2.45, 2.75) is 19.1 Å². The quantitative estimate of drug-likeness (QED) is 0.0583. The number of para-hydroxylation sites is 1. The number of imidazole rings is 1. The highest BCUT2D eigenvalue weighted by molar-refractivity contribution is 6.03. The van der Waals surface area contributed by atoms with Crippen molar-refractivity contribution in [3.05, 3.63) is 191 Å². The summed E-state index contributed by atoms with van der Waals surface area (Å²) in [6.07, 6.45) is 0. The van der Waals surface area contributed by atoms with Crippen molar-refractivity contribution >= 4 is 22.8 Å². The number of benzene rings is 6. The lowest BCUT2D eigenvalue weighted by Crippen LogP contribution is -2.32. The number of ether oxygens (including phenoxy) is 1. The lowest BCUT2D eigenvalue weighted by molar-refractivity contribution is 0.0171. The molecule has 6 aromatic carbocycles. The van der Waals surface area contributed by atoms with Gasteiger partial charge < -0.3 is 20.4 Å². The van der Waals surface area contributed by atoms with E-state index in [1.807, 2.05) is 151 Å². The number of nitrogens with two attached hydrogens (primary N) is 1. The van der Waals surface area contributed by atoms with Crippen LogP contribution in [0.25, 0.3) is 22.2 Å². The van der Waals surface area contributed by atoms with Gasteiger partial charge in [-0.25, -0.2) is 4.79 Å². The Balaban J connectivity index is 1.24. The molecule has 0 atom stereocenters. The van der Waals surface area contributed by atoms with Gasteiger partial charge in [0.25, 0.3) is 6.01 Å².